The molecule has 3 aliphatic carbocycles. The van der Waals surface area contributed by atoms with Gasteiger partial charge < -0.3 is 10.1 Å². The molecule has 9 rings (SSSR count). The molecule has 3 fully saturated rings. The van der Waals surface area contributed by atoms with Crippen LogP contribution in [0.2, 0.25) is 0 Å². The molecule has 0 spiro atoms. The molecule has 0 unspecified atom stereocenters. The summed E-state index contributed by atoms with van der Waals surface area (Å²) in [6.07, 6.45) is 6.88. The molecule has 3 aromatic carbocycles. The second kappa shape index (κ2) is 12.3. The molecule has 6 aromatic rings. The van der Waals surface area contributed by atoms with E-state index >= 15 is 4.39 Å². The van der Waals surface area contributed by atoms with E-state index in [2.05, 4.69) is 56.9 Å². The molecule has 2 bridgehead atoms. The van der Waals surface area contributed by atoms with Crippen LogP contribution in [0.1, 0.15) is 42.4 Å². The number of methoxy groups -OCH3 is 1. The Morgan fingerprint density at radius 2 is 1.44 bits per heavy atom. The summed E-state index contributed by atoms with van der Waals surface area (Å²) in [5.41, 5.74) is 2.64. The van der Waals surface area contributed by atoms with Crippen molar-refractivity contribution in [2.24, 2.45) is 17.8 Å². The highest BCUT2D eigenvalue weighted by atomic mass is 19.1. The fourth-order valence-corrected chi connectivity index (χ4v) is 8.06. The maximum absolute atomic E-state index is 15.0. The number of carbonyl (C=O) groups is 1. The van der Waals surface area contributed by atoms with Crippen LogP contribution in [-0.2, 0) is 15.1 Å². The monoisotopic (exact) mass is 639 g/mol. The van der Waals surface area contributed by atoms with Gasteiger partial charge in [0.2, 0.25) is 5.82 Å². The number of carbonyl (C=O) groups excluding carboxylic acids is 1. The zero-order valence-corrected chi connectivity index (χ0v) is 26.4. The van der Waals surface area contributed by atoms with Crippen LogP contribution in [0.3, 0.4) is 0 Å². The van der Waals surface area contributed by atoms with Gasteiger partial charge in [-0.2, -0.15) is 10.2 Å². The molecule has 3 aliphatic rings. The molecule has 48 heavy (non-hydrogen) atoms. The summed E-state index contributed by atoms with van der Waals surface area (Å²) < 4.78 is 22.1. The standard InChI is InChI=1S/C38H34FN7O2/c1-48-37(47)32-24-17-19-25(20-18-24)33(32)42-31-23-41-44-35(43-31)34-30-21-29(39)22-40-36(30)46(45-34)38(26-11-5-2-6-12-26,27-13-7-3-8-14-27)28-15-9-4-10-16-28/h2-16,21-25,32-33H,17-20H2,1H3,(H,42,43,44)/t24?,25?,32-,33-/m1/s1. The Labute approximate surface area is 277 Å². The fourth-order valence-electron chi connectivity index (χ4n) is 8.06. The van der Waals surface area contributed by atoms with Crippen LogP contribution >= 0.6 is 0 Å². The van der Waals surface area contributed by atoms with Gasteiger partial charge in [0.1, 0.15) is 22.9 Å². The van der Waals surface area contributed by atoms with Gasteiger partial charge >= 0.3 is 5.97 Å². The number of ether oxygens (including phenoxy) is 1. The zero-order valence-electron chi connectivity index (χ0n) is 26.4. The molecule has 3 aromatic heterocycles. The second-order valence-electron chi connectivity index (χ2n) is 12.7. The first kappa shape index (κ1) is 29.9. The van der Waals surface area contributed by atoms with E-state index in [1.54, 1.807) is 6.20 Å². The molecular weight excluding hydrogens is 605 g/mol. The normalized spacial score (nSPS) is 20.5. The van der Waals surface area contributed by atoms with Crippen molar-refractivity contribution in [2.45, 2.75) is 37.3 Å². The molecule has 240 valence electrons. The Morgan fingerprint density at radius 3 is 2.02 bits per heavy atom. The van der Waals surface area contributed by atoms with Crippen molar-refractivity contribution in [3.05, 3.63) is 132 Å². The van der Waals surface area contributed by atoms with Crippen LogP contribution in [0, 0.1) is 23.6 Å². The molecule has 10 heteroatoms. The van der Waals surface area contributed by atoms with Gasteiger partial charge in [0.05, 0.1) is 30.8 Å². The van der Waals surface area contributed by atoms with E-state index in [1.165, 1.54) is 19.4 Å². The first-order valence-electron chi connectivity index (χ1n) is 16.3. The minimum Gasteiger partial charge on any atom is -0.469 e. The lowest BCUT2D eigenvalue weighted by molar-refractivity contribution is -0.152. The topological polar surface area (TPSA) is 108 Å². The summed E-state index contributed by atoms with van der Waals surface area (Å²) in [5, 5.41) is 17.9. The van der Waals surface area contributed by atoms with Gasteiger partial charge in [0, 0.05) is 6.04 Å². The van der Waals surface area contributed by atoms with E-state index in [9.17, 15) is 4.79 Å². The Kier molecular flexibility index (Phi) is 7.63. The summed E-state index contributed by atoms with van der Waals surface area (Å²) in [5.74, 6) is 0.310. The van der Waals surface area contributed by atoms with Crippen molar-refractivity contribution in [1.29, 1.82) is 0 Å². The molecule has 0 amide bonds. The molecule has 3 saturated carbocycles. The summed E-state index contributed by atoms with van der Waals surface area (Å²) >= 11 is 0. The lowest BCUT2D eigenvalue weighted by Crippen LogP contribution is -2.51. The van der Waals surface area contributed by atoms with Crippen molar-refractivity contribution in [3.63, 3.8) is 0 Å². The highest BCUT2D eigenvalue weighted by Crippen LogP contribution is 2.47. The lowest BCUT2D eigenvalue weighted by Gasteiger charge is -2.47. The number of nitrogens with zero attached hydrogens (tertiary/aromatic N) is 6. The number of rotatable bonds is 8. The summed E-state index contributed by atoms with van der Waals surface area (Å²) in [6.45, 7) is 0. The van der Waals surface area contributed by atoms with Crippen molar-refractivity contribution >= 4 is 22.8 Å². The van der Waals surface area contributed by atoms with E-state index in [-0.39, 0.29) is 29.7 Å². The third-order valence-corrected chi connectivity index (χ3v) is 10.2. The highest BCUT2D eigenvalue weighted by molar-refractivity contribution is 5.90. The smallest absolute Gasteiger partial charge is 0.311 e. The van der Waals surface area contributed by atoms with Gasteiger partial charge in [-0.3, -0.25) is 4.79 Å². The SMILES string of the molecule is COC(=O)[C@@H]1C2CCC(CC2)[C@H]1Nc1cnnc(-c2nn(C(c3ccccc3)(c3ccccc3)c3ccccc3)c3ncc(F)cc23)n1. The first-order chi connectivity index (χ1) is 23.6. The number of esters is 1. The Morgan fingerprint density at radius 1 is 0.854 bits per heavy atom. The van der Waals surface area contributed by atoms with Crippen molar-refractivity contribution < 1.29 is 13.9 Å². The van der Waals surface area contributed by atoms with Gasteiger partial charge in [-0.25, -0.2) is 19.0 Å². The van der Waals surface area contributed by atoms with Crippen LogP contribution in [0.25, 0.3) is 22.6 Å². The van der Waals surface area contributed by atoms with E-state index in [4.69, 9.17) is 14.8 Å². The second-order valence-corrected chi connectivity index (χ2v) is 12.7. The van der Waals surface area contributed by atoms with Gasteiger partial charge in [0.25, 0.3) is 0 Å². The van der Waals surface area contributed by atoms with Gasteiger partial charge in [-0.15, -0.1) is 5.10 Å². The van der Waals surface area contributed by atoms with Crippen molar-refractivity contribution in [3.8, 4) is 11.5 Å². The van der Waals surface area contributed by atoms with E-state index in [0.717, 1.165) is 42.4 Å². The van der Waals surface area contributed by atoms with Crippen LogP contribution in [0.5, 0.6) is 0 Å². The van der Waals surface area contributed by atoms with Crippen molar-refractivity contribution in [2.75, 3.05) is 12.4 Å². The largest absolute Gasteiger partial charge is 0.469 e. The number of anilines is 1. The summed E-state index contributed by atoms with van der Waals surface area (Å²) in [4.78, 5) is 22.4. The fraction of sp³-hybridized carbons (Fsp3) is 0.263. The number of fused-ring (bicyclic) bond motifs is 4. The molecule has 3 heterocycles. The number of halogens is 1. The number of pyridine rings is 1. The van der Waals surface area contributed by atoms with Crippen LogP contribution < -0.4 is 5.32 Å². The molecular formula is C38H34FN7O2. The number of nitrogens with one attached hydrogen (secondary N) is 1. The van der Waals surface area contributed by atoms with Crippen LogP contribution in [-0.4, -0.2) is 49.1 Å². The van der Waals surface area contributed by atoms with Crippen LogP contribution in [0.4, 0.5) is 10.2 Å². The zero-order chi connectivity index (χ0) is 32.7. The third-order valence-electron chi connectivity index (χ3n) is 10.2. The van der Waals surface area contributed by atoms with Crippen LogP contribution in [0.15, 0.2) is 109 Å². The predicted molar refractivity (Wildman–Crippen MR) is 179 cm³/mol. The van der Waals surface area contributed by atoms with Gasteiger partial charge in [-0.05, 0) is 60.3 Å². The number of aromatic nitrogens is 6. The quantitative estimate of drug-likeness (QED) is 0.146. The minimum atomic E-state index is -0.997. The number of benzene rings is 3. The Hall–Kier alpha value is -5.51. The third kappa shape index (κ3) is 4.90. The van der Waals surface area contributed by atoms with E-state index < -0.39 is 11.4 Å². The highest BCUT2D eigenvalue weighted by Gasteiger charge is 2.48. The maximum Gasteiger partial charge on any atom is 0.311 e. The average molecular weight is 640 g/mol. The number of hydrogen-bond donors (Lipinski definition) is 1. The molecule has 0 radical (unpaired) electrons. The molecule has 0 saturated heterocycles. The molecule has 9 nitrogen and oxygen atoms in total. The summed E-state index contributed by atoms with van der Waals surface area (Å²) in [6, 6.07) is 31.6. The minimum absolute atomic E-state index is 0.134. The lowest BCUT2D eigenvalue weighted by atomic mass is 9.61. The molecule has 1 N–H and O–H groups in total. The Balaban J connectivity index is 1.32. The van der Waals surface area contributed by atoms with Crippen molar-refractivity contribution in [1.82, 2.24) is 29.9 Å². The van der Waals surface area contributed by atoms with Gasteiger partial charge in [-0.1, -0.05) is 91.0 Å². The van der Waals surface area contributed by atoms with E-state index in [1.807, 2.05) is 59.3 Å². The predicted octanol–water partition coefficient (Wildman–Crippen LogP) is 6.65. The summed E-state index contributed by atoms with van der Waals surface area (Å²) in [7, 11) is 1.45. The first-order valence-corrected chi connectivity index (χ1v) is 16.3. The van der Waals surface area contributed by atoms with Gasteiger partial charge in [0.15, 0.2) is 5.65 Å². The maximum atomic E-state index is 15.0. The van der Waals surface area contributed by atoms with E-state index in [0.29, 0.717) is 28.5 Å². The number of hydrogen-bond acceptors (Lipinski definition) is 8. The average Bonchev–Trinajstić information content (AvgIpc) is 3.52. The molecule has 2 atom stereocenters. The Bertz CT molecular complexity index is 1970. The molecule has 0 aliphatic heterocycles.